The van der Waals surface area contributed by atoms with Gasteiger partial charge in [-0.1, -0.05) is 70.2 Å². The largest absolute Gasteiger partial charge is 0.497 e. The van der Waals surface area contributed by atoms with Crippen LogP contribution in [0.25, 0.3) is 0 Å². The van der Waals surface area contributed by atoms with E-state index >= 15 is 0 Å². The topological polar surface area (TPSA) is 107 Å². The minimum Gasteiger partial charge on any atom is -0.497 e. The van der Waals surface area contributed by atoms with Crippen LogP contribution in [-0.2, 0) is 15.2 Å². The van der Waals surface area contributed by atoms with Gasteiger partial charge in [-0.05, 0) is 54.5 Å². The van der Waals surface area contributed by atoms with Crippen molar-refractivity contribution in [2.75, 3.05) is 26.7 Å². The Morgan fingerprint density at radius 1 is 0.861 bits per heavy atom. The van der Waals surface area contributed by atoms with E-state index in [0.717, 1.165) is 42.9 Å². The van der Waals surface area contributed by atoms with Gasteiger partial charge in [-0.15, -0.1) is 0 Å². The first-order valence-corrected chi connectivity index (χ1v) is 12.3. The van der Waals surface area contributed by atoms with Crippen molar-refractivity contribution in [3.8, 4) is 5.75 Å². The molecule has 2 aromatic carbocycles. The molecule has 0 aliphatic rings. The third-order valence-corrected chi connectivity index (χ3v) is 5.45. The van der Waals surface area contributed by atoms with Crippen LogP contribution in [0.1, 0.15) is 51.7 Å². The molecule has 0 radical (unpaired) electrons. The van der Waals surface area contributed by atoms with Crippen molar-refractivity contribution in [3.63, 3.8) is 0 Å². The summed E-state index contributed by atoms with van der Waals surface area (Å²) in [5, 5.41) is 27.4. The number of hydrogen-bond acceptors (Lipinski definition) is 5. The highest BCUT2D eigenvalue weighted by atomic mass is 16.5. The van der Waals surface area contributed by atoms with E-state index in [4.69, 9.17) is 14.9 Å². The number of carboxylic acid groups (broad SMARTS) is 2. The van der Waals surface area contributed by atoms with Gasteiger partial charge in [0.15, 0.2) is 0 Å². The lowest BCUT2D eigenvalue weighted by molar-refractivity contribution is -0.134. The van der Waals surface area contributed by atoms with E-state index in [1.54, 1.807) is 7.11 Å². The van der Waals surface area contributed by atoms with Crippen LogP contribution in [0.15, 0.2) is 66.7 Å². The molecule has 198 valence electrons. The number of ether oxygens (including phenoxy) is 1. The molecule has 0 saturated heterocycles. The Kier molecular flexibility index (Phi) is 13.5. The number of rotatable bonds is 13. The van der Waals surface area contributed by atoms with E-state index in [-0.39, 0.29) is 0 Å². The lowest BCUT2D eigenvalue weighted by atomic mass is 9.82. The summed E-state index contributed by atoms with van der Waals surface area (Å²) in [6, 6.07) is 17.8. The number of hydrogen-bond donors (Lipinski definition) is 3. The SMILES string of the molecule is COc1ccc(C(O)(CCCN(CC(C)C)CC(C)C)c2ccccc2)cc1.O=C(O)/C=C\C(=O)O. The van der Waals surface area contributed by atoms with Gasteiger partial charge < -0.3 is 25.0 Å². The summed E-state index contributed by atoms with van der Waals surface area (Å²) in [5.74, 6) is -0.416. The molecule has 0 aromatic heterocycles. The zero-order valence-electron chi connectivity index (χ0n) is 22.1. The average Bonchev–Trinajstić information content (AvgIpc) is 2.83. The molecule has 0 aliphatic heterocycles. The molecular formula is C29H41NO6. The standard InChI is InChI=1S/C25H37NO2.C4H4O4/c1-20(2)18-26(19-21(3)4)17-9-16-25(27,22-10-7-6-8-11-22)23-12-14-24(28-5)15-13-23;5-3(6)1-2-4(7)8/h6-8,10-15,20-21,27H,9,16-19H2,1-5H3;1-2H,(H,5,6)(H,7,8)/b;2-1-. The van der Waals surface area contributed by atoms with Crippen molar-refractivity contribution in [3.05, 3.63) is 77.9 Å². The van der Waals surface area contributed by atoms with Crippen LogP contribution >= 0.6 is 0 Å². The van der Waals surface area contributed by atoms with Gasteiger partial charge in [-0.3, -0.25) is 0 Å². The Labute approximate surface area is 215 Å². The molecule has 0 fully saturated rings. The Balaban J connectivity index is 0.000000697. The normalized spacial score (nSPS) is 12.9. The second-order valence-electron chi connectivity index (χ2n) is 9.62. The van der Waals surface area contributed by atoms with Crippen LogP contribution in [0.5, 0.6) is 5.75 Å². The van der Waals surface area contributed by atoms with Crippen LogP contribution < -0.4 is 4.74 Å². The summed E-state index contributed by atoms with van der Waals surface area (Å²) in [6.45, 7) is 12.3. The van der Waals surface area contributed by atoms with Gasteiger partial charge in [0.2, 0.25) is 0 Å². The summed E-state index contributed by atoms with van der Waals surface area (Å²) in [4.78, 5) is 21.6. The fourth-order valence-electron chi connectivity index (χ4n) is 4.03. The zero-order chi connectivity index (χ0) is 27.1. The van der Waals surface area contributed by atoms with E-state index in [0.29, 0.717) is 30.4 Å². The van der Waals surface area contributed by atoms with Crippen molar-refractivity contribution in [1.29, 1.82) is 0 Å². The molecule has 2 aromatic rings. The van der Waals surface area contributed by atoms with Crippen molar-refractivity contribution < 1.29 is 29.6 Å². The molecule has 0 amide bonds. The molecule has 1 unspecified atom stereocenters. The van der Waals surface area contributed by atoms with Crippen molar-refractivity contribution in [1.82, 2.24) is 4.90 Å². The molecule has 0 spiro atoms. The lowest BCUT2D eigenvalue weighted by Gasteiger charge is -2.32. The number of carbonyl (C=O) groups is 2. The van der Waals surface area contributed by atoms with E-state index < -0.39 is 17.5 Å². The van der Waals surface area contributed by atoms with E-state index in [1.807, 2.05) is 54.6 Å². The minimum absolute atomic E-state index is 0.558. The number of aliphatic hydroxyl groups is 1. The van der Waals surface area contributed by atoms with Crippen molar-refractivity contribution in [2.24, 2.45) is 11.8 Å². The van der Waals surface area contributed by atoms with Gasteiger partial charge >= 0.3 is 11.9 Å². The van der Waals surface area contributed by atoms with Gasteiger partial charge in [0.25, 0.3) is 0 Å². The first kappa shape index (κ1) is 30.9. The predicted molar refractivity (Wildman–Crippen MR) is 142 cm³/mol. The van der Waals surface area contributed by atoms with Gasteiger partial charge in [-0.25, -0.2) is 9.59 Å². The van der Waals surface area contributed by atoms with Crippen LogP contribution in [0, 0.1) is 11.8 Å². The summed E-state index contributed by atoms with van der Waals surface area (Å²) >= 11 is 0. The number of carboxylic acids is 2. The molecule has 3 N–H and O–H groups in total. The number of methoxy groups -OCH3 is 1. The highest BCUT2D eigenvalue weighted by Crippen LogP contribution is 2.35. The van der Waals surface area contributed by atoms with E-state index in [2.05, 4.69) is 32.6 Å². The molecule has 36 heavy (non-hydrogen) atoms. The first-order valence-electron chi connectivity index (χ1n) is 12.3. The highest BCUT2D eigenvalue weighted by Gasteiger charge is 2.31. The maximum atomic E-state index is 11.7. The molecule has 7 nitrogen and oxygen atoms in total. The van der Waals surface area contributed by atoms with Gasteiger partial charge in [0.1, 0.15) is 11.4 Å². The average molecular weight is 500 g/mol. The fraction of sp³-hybridized carbons (Fsp3) is 0.448. The van der Waals surface area contributed by atoms with Gasteiger partial charge in [0.05, 0.1) is 7.11 Å². The predicted octanol–water partition coefficient (Wildman–Crippen LogP) is 5.04. The summed E-state index contributed by atoms with van der Waals surface area (Å²) in [7, 11) is 1.66. The summed E-state index contributed by atoms with van der Waals surface area (Å²) in [5.41, 5.74) is 0.868. The first-order chi connectivity index (χ1) is 17.0. The maximum Gasteiger partial charge on any atom is 0.328 e. The smallest absolute Gasteiger partial charge is 0.328 e. The number of nitrogens with zero attached hydrogens (tertiary/aromatic N) is 1. The van der Waals surface area contributed by atoms with Crippen molar-refractivity contribution in [2.45, 2.75) is 46.1 Å². The Hall–Kier alpha value is -3.16. The lowest BCUT2D eigenvalue weighted by Crippen LogP contribution is -2.34. The quantitative estimate of drug-likeness (QED) is 0.332. The van der Waals surface area contributed by atoms with Crippen LogP contribution in [0.3, 0.4) is 0 Å². The molecule has 1 atom stereocenters. The van der Waals surface area contributed by atoms with Crippen molar-refractivity contribution >= 4 is 11.9 Å². The molecule has 0 saturated carbocycles. The third kappa shape index (κ3) is 11.5. The van der Waals surface area contributed by atoms with Crippen LogP contribution in [0.2, 0.25) is 0 Å². The second-order valence-corrected chi connectivity index (χ2v) is 9.62. The van der Waals surface area contributed by atoms with Crippen LogP contribution in [0.4, 0.5) is 0 Å². The summed E-state index contributed by atoms with van der Waals surface area (Å²) < 4.78 is 5.29. The molecule has 0 aliphatic carbocycles. The molecule has 0 heterocycles. The Morgan fingerprint density at radius 3 is 1.75 bits per heavy atom. The van der Waals surface area contributed by atoms with Crippen LogP contribution in [-0.4, -0.2) is 58.9 Å². The molecular weight excluding hydrogens is 458 g/mol. The monoisotopic (exact) mass is 499 g/mol. The second kappa shape index (κ2) is 15.8. The zero-order valence-corrected chi connectivity index (χ0v) is 22.1. The maximum absolute atomic E-state index is 11.7. The van der Waals surface area contributed by atoms with Gasteiger partial charge in [0, 0.05) is 25.2 Å². The molecule has 0 bridgehead atoms. The van der Waals surface area contributed by atoms with E-state index in [1.165, 1.54) is 0 Å². The fourth-order valence-corrected chi connectivity index (χ4v) is 4.03. The number of aliphatic carboxylic acids is 2. The van der Waals surface area contributed by atoms with Gasteiger partial charge in [-0.2, -0.15) is 0 Å². The Bertz CT molecular complexity index is 914. The highest BCUT2D eigenvalue weighted by molar-refractivity contribution is 5.89. The third-order valence-electron chi connectivity index (χ3n) is 5.45. The molecule has 7 heteroatoms. The summed E-state index contributed by atoms with van der Waals surface area (Å²) in [6.07, 6.45) is 2.75. The minimum atomic E-state index is -1.26. The van der Waals surface area contributed by atoms with E-state index in [9.17, 15) is 14.7 Å². The number of benzene rings is 2. The Morgan fingerprint density at radius 2 is 1.33 bits per heavy atom. The molecule has 2 rings (SSSR count).